The van der Waals surface area contributed by atoms with Gasteiger partial charge in [-0.15, -0.1) is 0 Å². The van der Waals surface area contributed by atoms with Crippen molar-refractivity contribution in [2.24, 2.45) is 0 Å². The lowest BCUT2D eigenvalue weighted by atomic mass is 10.3. The maximum atomic E-state index is 13.0. The molecular weight excluding hydrogens is 183 g/mol. The van der Waals surface area contributed by atoms with Crippen molar-refractivity contribution in [1.29, 1.82) is 0 Å². The van der Waals surface area contributed by atoms with Crippen LogP contribution in [0.25, 0.3) is 5.69 Å². The van der Waals surface area contributed by atoms with E-state index in [4.69, 9.17) is 5.11 Å². The number of hydrogen-bond donors (Lipinski definition) is 1. The van der Waals surface area contributed by atoms with Crippen LogP contribution in [-0.4, -0.2) is 14.9 Å². The van der Waals surface area contributed by atoms with Gasteiger partial charge in [-0.3, -0.25) is 0 Å². The lowest BCUT2D eigenvalue weighted by molar-refractivity contribution is 0.432. The van der Waals surface area contributed by atoms with Gasteiger partial charge in [0.15, 0.2) is 11.6 Å². The quantitative estimate of drug-likeness (QED) is 0.750. The largest absolute Gasteiger partial charge is 0.505 e. The van der Waals surface area contributed by atoms with Gasteiger partial charge in [0, 0.05) is 12.3 Å². The molecule has 14 heavy (non-hydrogen) atoms. The lowest BCUT2D eigenvalue weighted by Crippen LogP contribution is -1.95. The molecule has 1 heterocycles. The van der Waals surface area contributed by atoms with E-state index in [2.05, 4.69) is 5.10 Å². The third-order valence-electron chi connectivity index (χ3n) is 1.92. The highest BCUT2D eigenvalue weighted by Crippen LogP contribution is 2.18. The fourth-order valence-electron chi connectivity index (χ4n) is 1.20. The summed E-state index contributed by atoms with van der Waals surface area (Å²) in [5.74, 6) is -0.992. The first-order valence-corrected chi connectivity index (χ1v) is 4.18. The Kier molecular flexibility index (Phi) is 1.96. The maximum absolute atomic E-state index is 13.0. The molecular formula is C10H9FN2O. The number of benzene rings is 1. The predicted molar refractivity (Wildman–Crippen MR) is 49.9 cm³/mol. The number of phenolic OH excluding ortho intramolecular Hbond substituents is 1. The van der Waals surface area contributed by atoms with Crippen LogP contribution in [0.15, 0.2) is 30.5 Å². The Hall–Kier alpha value is -1.84. The monoisotopic (exact) mass is 192 g/mol. The summed E-state index contributed by atoms with van der Waals surface area (Å²) in [4.78, 5) is 0. The first-order chi connectivity index (χ1) is 6.66. The van der Waals surface area contributed by atoms with E-state index in [-0.39, 0.29) is 5.75 Å². The van der Waals surface area contributed by atoms with Gasteiger partial charge >= 0.3 is 0 Å². The van der Waals surface area contributed by atoms with Crippen molar-refractivity contribution in [3.05, 3.63) is 42.0 Å². The lowest BCUT2D eigenvalue weighted by Gasteiger charge is -2.01. The first kappa shape index (κ1) is 8.74. The molecule has 0 atom stereocenters. The zero-order valence-electron chi connectivity index (χ0n) is 7.61. The highest BCUT2D eigenvalue weighted by molar-refractivity contribution is 5.37. The second-order valence-corrected chi connectivity index (χ2v) is 3.04. The molecule has 0 aliphatic rings. The van der Waals surface area contributed by atoms with E-state index >= 15 is 0 Å². The Morgan fingerprint density at radius 3 is 2.71 bits per heavy atom. The van der Waals surface area contributed by atoms with Crippen LogP contribution in [0.3, 0.4) is 0 Å². The first-order valence-electron chi connectivity index (χ1n) is 4.18. The summed E-state index contributed by atoms with van der Waals surface area (Å²) in [5, 5.41) is 13.1. The molecule has 2 rings (SSSR count). The van der Waals surface area contributed by atoms with Crippen LogP contribution < -0.4 is 0 Å². The van der Waals surface area contributed by atoms with Crippen LogP contribution in [0.4, 0.5) is 4.39 Å². The molecule has 72 valence electrons. The number of aryl methyl sites for hydroxylation is 1. The molecule has 4 heteroatoms. The van der Waals surface area contributed by atoms with E-state index in [1.165, 1.54) is 12.1 Å². The minimum atomic E-state index is -0.643. The fourth-order valence-corrected chi connectivity index (χ4v) is 1.20. The molecule has 1 aromatic carbocycles. The summed E-state index contributed by atoms with van der Waals surface area (Å²) in [6.45, 7) is 1.85. The number of aromatic hydroxyl groups is 1. The van der Waals surface area contributed by atoms with Crippen LogP contribution in [0.1, 0.15) is 5.69 Å². The Balaban J connectivity index is 2.47. The number of rotatable bonds is 1. The van der Waals surface area contributed by atoms with Crippen LogP contribution in [0.2, 0.25) is 0 Å². The maximum Gasteiger partial charge on any atom is 0.166 e. The molecule has 2 aromatic rings. The summed E-state index contributed by atoms with van der Waals surface area (Å²) in [7, 11) is 0. The molecule has 0 spiro atoms. The van der Waals surface area contributed by atoms with E-state index in [1.807, 2.05) is 13.0 Å². The highest BCUT2D eigenvalue weighted by atomic mass is 19.1. The fraction of sp³-hybridized carbons (Fsp3) is 0.100. The van der Waals surface area contributed by atoms with Crippen molar-refractivity contribution in [3.63, 3.8) is 0 Å². The molecule has 0 radical (unpaired) electrons. The third-order valence-corrected chi connectivity index (χ3v) is 1.92. The van der Waals surface area contributed by atoms with Crippen LogP contribution in [-0.2, 0) is 0 Å². The molecule has 0 aliphatic carbocycles. The molecule has 0 fully saturated rings. The Morgan fingerprint density at radius 2 is 2.14 bits per heavy atom. The summed E-state index contributed by atoms with van der Waals surface area (Å²) >= 11 is 0. The van der Waals surface area contributed by atoms with E-state index in [0.29, 0.717) is 5.69 Å². The number of nitrogens with zero attached hydrogens (tertiary/aromatic N) is 2. The highest BCUT2D eigenvalue weighted by Gasteiger charge is 2.03. The van der Waals surface area contributed by atoms with Gasteiger partial charge in [-0.05, 0) is 25.1 Å². The number of phenols is 1. The molecule has 0 saturated carbocycles. The predicted octanol–water partition coefficient (Wildman–Crippen LogP) is 2.03. The van der Waals surface area contributed by atoms with Gasteiger partial charge in [0.2, 0.25) is 0 Å². The van der Waals surface area contributed by atoms with Crippen LogP contribution in [0, 0.1) is 12.7 Å². The summed E-state index contributed by atoms with van der Waals surface area (Å²) in [5.41, 5.74) is 1.45. The van der Waals surface area contributed by atoms with Crippen LogP contribution in [0.5, 0.6) is 5.75 Å². The minimum Gasteiger partial charge on any atom is -0.505 e. The van der Waals surface area contributed by atoms with Crippen molar-refractivity contribution in [2.75, 3.05) is 0 Å². The average molecular weight is 192 g/mol. The topological polar surface area (TPSA) is 38.0 Å². The number of halogens is 1. The van der Waals surface area contributed by atoms with Gasteiger partial charge in [-0.1, -0.05) is 0 Å². The van der Waals surface area contributed by atoms with Crippen molar-refractivity contribution in [3.8, 4) is 11.4 Å². The van der Waals surface area contributed by atoms with Gasteiger partial charge in [-0.2, -0.15) is 5.10 Å². The standard InChI is InChI=1S/C10H9FN2O/c1-7-4-5-13(12-7)8-2-3-10(14)9(11)6-8/h2-6,14H,1H3. The molecule has 3 nitrogen and oxygen atoms in total. The summed E-state index contributed by atoms with van der Waals surface area (Å²) in [6, 6.07) is 5.97. The second kappa shape index (κ2) is 3.14. The zero-order chi connectivity index (χ0) is 10.1. The molecule has 0 bridgehead atoms. The zero-order valence-corrected chi connectivity index (χ0v) is 7.61. The molecule has 0 saturated heterocycles. The van der Waals surface area contributed by atoms with Gasteiger partial charge in [-0.25, -0.2) is 9.07 Å². The third kappa shape index (κ3) is 1.46. The summed E-state index contributed by atoms with van der Waals surface area (Å²) < 4.78 is 14.5. The smallest absolute Gasteiger partial charge is 0.166 e. The Morgan fingerprint density at radius 1 is 1.36 bits per heavy atom. The second-order valence-electron chi connectivity index (χ2n) is 3.04. The Labute approximate surface area is 80.4 Å². The summed E-state index contributed by atoms with van der Waals surface area (Å²) in [6.07, 6.45) is 1.74. The average Bonchev–Trinajstić information content (AvgIpc) is 2.57. The van der Waals surface area contributed by atoms with E-state index in [1.54, 1.807) is 16.9 Å². The van der Waals surface area contributed by atoms with Gasteiger partial charge in [0.1, 0.15) is 0 Å². The van der Waals surface area contributed by atoms with Gasteiger partial charge < -0.3 is 5.11 Å². The normalized spacial score (nSPS) is 10.4. The van der Waals surface area contributed by atoms with Crippen molar-refractivity contribution >= 4 is 0 Å². The Bertz CT molecular complexity index is 465. The number of hydrogen-bond acceptors (Lipinski definition) is 2. The van der Waals surface area contributed by atoms with Gasteiger partial charge in [0.05, 0.1) is 11.4 Å². The molecule has 0 unspecified atom stereocenters. The van der Waals surface area contributed by atoms with E-state index < -0.39 is 5.82 Å². The van der Waals surface area contributed by atoms with E-state index in [0.717, 1.165) is 5.69 Å². The van der Waals surface area contributed by atoms with Crippen LogP contribution >= 0.6 is 0 Å². The molecule has 0 amide bonds. The SMILES string of the molecule is Cc1ccn(-c2ccc(O)c(F)c2)n1. The van der Waals surface area contributed by atoms with E-state index in [9.17, 15) is 4.39 Å². The number of aromatic nitrogens is 2. The van der Waals surface area contributed by atoms with Gasteiger partial charge in [0.25, 0.3) is 0 Å². The molecule has 1 aromatic heterocycles. The van der Waals surface area contributed by atoms with Crippen molar-refractivity contribution in [1.82, 2.24) is 9.78 Å². The van der Waals surface area contributed by atoms with Crippen molar-refractivity contribution < 1.29 is 9.50 Å². The molecule has 0 aliphatic heterocycles. The molecule has 1 N–H and O–H groups in total. The van der Waals surface area contributed by atoms with Crippen molar-refractivity contribution in [2.45, 2.75) is 6.92 Å². The minimum absolute atomic E-state index is 0.349.